The fraction of sp³-hybridized carbons (Fsp3) is 0.214. The van der Waals surface area contributed by atoms with Crippen LogP contribution in [0.15, 0.2) is 33.5 Å². The van der Waals surface area contributed by atoms with Crippen LogP contribution in [0.1, 0.15) is 23.0 Å². The first-order valence-corrected chi connectivity index (χ1v) is 8.04. The van der Waals surface area contributed by atoms with Crippen LogP contribution in [0.2, 0.25) is 0 Å². The molecule has 0 aliphatic rings. The zero-order valence-corrected chi connectivity index (χ0v) is 13.6. The highest BCUT2D eigenvalue weighted by atomic mass is 32.2. The molecule has 116 valence electrons. The van der Waals surface area contributed by atoms with Crippen molar-refractivity contribution in [2.75, 3.05) is 5.32 Å². The average Bonchev–Trinajstić information content (AvgIpc) is 2.84. The number of aliphatic hydroxyl groups is 1. The van der Waals surface area contributed by atoms with Gasteiger partial charge in [-0.15, -0.1) is 11.3 Å². The van der Waals surface area contributed by atoms with E-state index in [1.165, 1.54) is 30.0 Å². The largest absolute Gasteiger partial charge is 0.384 e. The SMILES string of the molecule is Cc1ncccc1Sc1cc(C(N)=O)c(NC(=O)C(C)O)s1. The number of amides is 2. The van der Waals surface area contributed by atoms with E-state index in [2.05, 4.69) is 10.3 Å². The van der Waals surface area contributed by atoms with Gasteiger partial charge in [-0.2, -0.15) is 0 Å². The molecule has 0 radical (unpaired) electrons. The molecule has 0 aliphatic carbocycles. The van der Waals surface area contributed by atoms with E-state index in [0.717, 1.165) is 14.8 Å². The van der Waals surface area contributed by atoms with E-state index < -0.39 is 17.9 Å². The number of anilines is 1. The summed E-state index contributed by atoms with van der Waals surface area (Å²) < 4.78 is 0.797. The van der Waals surface area contributed by atoms with Gasteiger partial charge < -0.3 is 16.2 Å². The van der Waals surface area contributed by atoms with E-state index in [1.54, 1.807) is 12.3 Å². The maximum atomic E-state index is 11.6. The van der Waals surface area contributed by atoms with Crippen molar-refractivity contribution >= 4 is 39.9 Å². The van der Waals surface area contributed by atoms with E-state index in [4.69, 9.17) is 5.73 Å². The van der Waals surface area contributed by atoms with Gasteiger partial charge in [0.15, 0.2) is 0 Å². The van der Waals surface area contributed by atoms with Crippen molar-refractivity contribution in [2.24, 2.45) is 5.73 Å². The third-order valence-corrected chi connectivity index (χ3v) is 5.08. The van der Waals surface area contributed by atoms with Crippen molar-refractivity contribution in [1.29, 1.82) is 0 Å². The van der Waals surface area contributed by atoms with E-state index in [-0.39, 0.29) is 5.56 Å². The summed E-state index contributed by atoms with van der Waals surface area (Å²) in [7, 11) is 0. The third-order valence-electron chi connectivity index (χ3n) is 2.76. The second kappa shape index (κ2) is 6.91. The Kier molecular flexibility index (Phi) is 5.17. The first kappa shape index (κ1) is 16.5. The highest BCUT2D eigenvalue weighted by molar-refractivity contribution is 8.01. The Bertz CT molecular complexity index is 713. The number of nitrogens with zero attached hydrogens (tertiary/aromatic N) is 1. The maximum absolute atomic E-state index is 11.6. The molecular weight excluding hydrogens is 322 g/mol. The molecule has 4 N–H and O–H groups in total. The molecule has 2 aromatic heterocycles. The minimum absolute atomic E-state index is 0.225. The van der Waals surface area contributed by atoms with Gasteiger partial charge in [-0.3, -0.25) is 14.6 Å². The van der Waals surface area contributed by atoms with E-state index in [0.29, 0.717) is 5.00 Å². The van der Waals surface area contributed by atoms with Crippen molar-refractivity contribution < 1.29 is 14.7 Å². The van der Waals surface area contributed by atoms with Crippen LogP contribution in [0.25, 0.3) is 0 Å². The van der Waals surface area contributed by atoms with Crippen LogP contribution in [-0.2, 0) is 4.79 Å². The summed E-state index contributed by atoms with van der Waals surface area (Å²) in [5.74, 6) is -1.22. The second-order valence-electron chi connectivity index (χ2n) is 4.53. The van der Waals surface area contributed by atoms with Gasteiger partial charge in [-0.05, 0) is 32.0 Å². The smallest absolute Gasteiger partial charge is 0.253 e. The van der Waals surface area contributed by atoms with E-state index in [1.807, 2.05) is 19.1 Å². The Hall–Kier alpha value is -1.90. The van der Waals surface area contributed by atoms with Crippen LogP contribution in [0.3, 0.4) is 0 Å². The molecule has 22 heavy (non-hydrogen) atoms. The first-order chi connectivity index (χ1) is 10.4. The van der Waals surface area contributed by atoms with Gasteiger partial charge >= 0.3 is 0 Å². The lowest BCUT2D eigenvalue weighted by molar-refractivity contribution is -0.123. The van der Waals surface area contributed by atoms with Crippen molar-refractivity contribution in [2.45, 2.75) is 29.1 Å². The Morgan fingerprint density at radius 3 is 2.82 bits per heavy atom. The highest BCUT2D eigenvalue weighted by Gasteiger charge is 2.18. The molecular formula is C14H15N3O3S2. The number of carbonyl (C=O) groups is 2. The number of nitrogens with one attached hydrogen (secondary N) is 1. The molecule has 0 aliphatic heterocycles. The van der Waals surface area contributed by atoms with Crippen LogP contribution in [-0.4, -0.2) is 28.0 Å². The normalized spacial score (nSPS) is 12.0. The van der Waals surface area contributed by atoms with Gasteiger partial charge in [-0.25, -0.2) is 0 Å². The Morgan fingerprint density at radius 2 is 2.23 bits per heavy atom. The molecule has 2 aromatic rings. The van der Waals surface area contributed by atoms with E-state index >= 15 is 0 Å². The highest BCUT2D eigenvalue weighted by Crippen LogP contribution is 2.39. The molecule has 1 atom stereocenters. The summed E-state index contributed by atoms with van der Waals surface area (Å²) >= 11 is 2.66. The first-order valence-electron chi connectivity index (χ1n) is 6.40. The minimum Gasteiger partial charge on any atom is -0.384 e. The number of carbonyl (C=O) groups excluding carboxylic acids is 2. The number of hydrogen-bond donors (Lipinski definition) is 3. The van der Waals surface area contributed by atoms with E-state index in [9.17, 15) is 14.7 Å². The zero-order chi connectivity index (χ0) is 16.3. The monoisotopic (exact) mass is 337 g/mol. The number of aromatic nitrogens is 1. The van der Waals surface area contributed by atoms with Gasteiger partial charge in [0.05, 0.1) is 15.5 Å². The minimum atomic E-state index is -1.17. The molecule has 8 heteroatoms. The van der Waals surface area contributed by atoms with Crippen LogP contribution in [0.5, 0.6) is 0 Å². The Labute approximate surface area is 135 Å². The lowest BCUT2D eigenvalue weighted by Crippen LogP contribution is -2.25. The van der Waals surface area contributed by atoms with Crippen LogP contribution >= 0.6 is 23.1 Å². The molecule has 1 unspecified atom stereocenters. The Balaban J connectivity index is 2.29. The van der Waals surface area contributed by atoms with Crippen LogP contribution in [0.4, 0.5) is 5.00 Å². The molecule has 2 heterocycles. The predicted octanol–water partition coefficient (Wildman–Crippen LogP) is 2.02. The number of nitrogens with two attached hydrogens (primary N) is 1. The summed E-state index contributed by atoms with van der Waals surface area (Å²) in [6, 6.07) is 5.38. The van der Waals surface area contributed by atoms with Crippen molar-refractivity contribution in [3.63, 3.8) is 0 Å². The maximum Gasteiger partial charge on any atom is 0.253 e. The molecule has 0 spiro atoms. The average molecular weight is 337 g/mol. The molecule has 0 saturated carbocycles. The summed E-state index contributed by atoms with van der Waals surface area (Å²) in [4.78, 5) is 28.2. The molecule has 0 aromatic carbocycles. The zero-order valence-electron chi connectivity index (χ0n) is 12.0. The summed E-state index contributed by atoms with van der Waals surface area (Å²) in [6.45, 7) is 3.24. The number of rotatable bonds is 5. The molecule has 0 fully saturated rings. The topological polar surface area (TPSA) is 105 Å². The fourth-order valence-corrected chi connectivity index (χ4v) is 3.82. The Morgan fingerprint density at radius 1 is 1.50 bits per heavy atom. The summed E-state index contributed by atoms with van der Waals surface area (Å²) in [6.07, 6.45) is 0.538. The third kappa shape index (κ3) is 3.85. The molecule has 0 saturated heterocycles. The van der Waals surface area contributed by atoms with Crippen LogP contribution in [0, 0.1) is 6.92 Å². The number of aryl methyl sites for hydroxylation is 1. The molecule has 2 rings (SSSR count). The number of pyridine rings is 1. The molecule has 6 nitrogen and oxygen atoms in total. The number of primary amides is 1. The predicted molar refractivity (Wildman–Crippen MR) is 86.2 cm³/mol. The van der Waals surface area contributed by atoms with Crippen molar-refractivity contribution in [1.82, 2.24) is 4.98 Å². The van der Waals surface area contributed by atoms with Gasteiger partial charge in [0.1, 0.15) is 11.1 Å². The van der Waals surface area contributed by atoms with Gasteiger partial charge in [0, 0.05) is 11.1 Å². The molecule has 0 bridgehead atoms. The lowest BCUT2D eigenvalue weighted by atomic mass is 10.3. The fourth-order valence-electron chi connectivity index (χ4n) is 1.60. The van der Waals surface area contributed by atoms with Crippen LogP contribution < -0.4 is 11.1 Å². The summed E-state index contributed by atoms with van der Waals surface area (Å²) in [5, 5.41) is 12.1. The quantitative estimate of drug-likeness (QED) is 0.774. The van der Waals surface area contributed by atoms with Gasteiger partial charge in [0.2, 0.25) is 0 Å². The number of aliphatic hydroxyl groups excluding tert-OH is 1. The number of thiophene rings is 1. The standard InChI is InChI=1S/C14H15N3O3S2/c1-7-10(4-3-5-16-7)21-11-6-9(12(15)19)14(22-11)17-13(20)8(2)18/h3-6,8,18H,1-2H3,(H2,15,19)(H,17,20). The van der Waals surface area contributed by atoms with Crippen molar-refractivity contribution in [3.8, 4) is 0 Å². The summed E-state index contributed by atoms with van der Waals surface area (Å²) in [5.41, 5.74) is 6.43. The lowest BCUT2D eigenvalue weighted by Gasteiger charge is -2.05. The number of hydrogen-bond acceptors (Lipinski definition) is 6. The molecule has 2 amide bonds. The van der Waals surface area contributed by atoms with Gasteiger partial charge in [-0.1, -0.05) is 11.8 Å². The van der Waals surface area contributed by atoms with Crippen molar-refractivity contribution in [3.05, 3.63) is 35.7 Å². The second-order valence-corrected chi connectivity index (χ2v) is 6.92. The van der Waals surface area contributed by atoms with Gasteiger partial charge in [0.25, 0.3) is 11.8 Å².